The summed E-state index contributed by atoms with van der Waals surface area (Å²) < 4.78 is 17.2. The maximum atomic E-state index is 13.6. The van der Waals surface area contributed by atoms with Gasteiger partial charge in [0.15, 0.2) is 6.23 Å². The van der Waals surface area contributed by atoms with E-state index in [2.05, 4.69) is 16.7 Å². The maximum Gasteiger partial charge on any atom is 0.321 e. The second kappa shape index (κ2) is 9.39. The summed E-state index contributed by atoms with van der Waals surface area (Å²) in [7, 11) is 3.29. The van der Waals surface area contributed by atoms with Gasteiger partial charge >= 0.3 is 5.97 Å². The maximum absolute atomic E-state index is 13.6. The van der Waals surface area contributed by atoms with Crippen molar-refractivity contribution in [2.75, 3.05) is 46.9 Å². The standard InChI is InChI=1S/C25H32N2O4/c1-4-26-14-16-27(17-15-26)23(19-8-6-5-7-9-19)31-24(28)25(18-22(25)30-3)20-10-12-21(29-2)13-11-20/h5-13,22-23H,4,14-18H2,1-3H3. The van der Waals surface area contributed by atoms with E-state index in [1.165, 1.54) is 0 Å². The zero-order valence-corrected chi connectivity index (χ0v) is 18.6. The molecule has 0 N–H and O–H groups in total. The first kappa shape index (κ1) is 21.8. The van der Waals surface area contributed by atoms with Gasteiger partial charge < -0.3 is 19.1 Å². The summed E-state index contributed by atoms with van der Waals surface area (Å²) in [6.07, 6.45) is 0.0439. The van der Waals surface area contributed by atoms with Crippen LogP contribution >= 0.6 is 0 Å². The van der Waals surface area contributed by atoms with E-state index in [0.29, 0.717) is 6.42 Å². The van der Waals surface area contributed by atoms with Gasteiger partial charge in [-0.15, -0.1) is 0 Å². The third-order valence-corrected chi connectivity index (χ3v) is 6.64. The zero-order chi connectivity index (χ0) is 21.8. The number of rotatable bonds is 8. The van der Waals surface area contributed by atoms with Crippen LogP contribution in [0.5, 0.6) is 5.75 Å². The summed E-state index contributed by atoms with van der Waals surface area (Å²) in [6.45, 7) is 6.90. The minimum Gasteiger partial charge on any atom is -0.497 e. The van der Waals surface area contributed by atoms with Gasteiger partial charge in [0, 0.05) is 38.9 Å². The second-order valence-electron chi connectivity index (χ2n) is 8.27. The number of methoxy groups -OCH3 is 2. The summed E-state index contributed by atoms with van der Waals surface area (Å²) in [4.78, 5) is 18.3. The fraction of sp³-hybridized carbons (Fsp3) is 0.480. The first-order valence-corrected chi connectivity index (χ1v) is 11.0. The van der Waals surface area contributed by atoms with Crippen molar-refractivity contribution < 1.29 is 19.0 Å². The molecule has 2 aliphatic rings. The van der Waals surface area contributed by atoms with Gasteiger partial charge in [0.2, 0.25) is 0 Å². The molecule has 2 fully saturated rings. The molecule has 1 heterocycles. The summed E-state index contributed by atoms with van der Waals surface area (Å²) in [5, 5.41) is 0. The number of carbonyl (C=O) groups excluding carboxylic acids is 1. The lowest BCUT2D eigenvalue weighted by molar-refractivity contribution is -0.166. The first-order valence-electron chi connectivity index (χ1n) is 11.0. The number of carbonyl (C=O) groups is 1. The van der Waals surface area contributed by atoms with Gasteiger partial charge in [-0.2, -0.15) is 0 Å². The lowest BCUT2D eigenvalue weighted by atomic mass is 9.95. The van der Waals surface area contributed by atoms with E-state index in [1.54, 1.807) is 14.2 Å². The van der Waals surface area contributed by atoms with Gasteiger partial charge in [-0.25, -0.2) is 0 Å². The highest BCUT2D eigenvalue weighted by molar-refractivity contribution is 5.88. The molecule has 1 saturated carbocycles. The molecule has 4 rings (SSSR count). The molecule has 2 aromatic carbocycles. The average molecular weight is 425 g/mol. The molecule has 2 aromatic rings. The number of likely N-dealkylation sites (N-methyl/N-ethyl adjacent to an activating group) is 1. The molecular weight excluding hydrogens is 392 g/mol. The van der Waals surface area contributed by atoms with E-state index < -0.39 is 11.6 Å². The molecule has 3 atom stereocenters. The molecule has 1 aliphatic heterocycles. The topological polar surface area (TPSA) is 51.2 Å². The SMILES string of the molecule is CCN1CCN(C(OC(=O)C2(c3ccc(OC)cc3)CC2OC)c2ccccc2)CC1. The average Bonchev–Trinajstić information content (AvgIpc) is 3.59. The van der Waals surface area contributed by atoms with Gasteiger partial charge in [0.1, 0.15) is 11.2 Å². The molecular formula is C25H32N2O4. The number of hydrogen-bond acceptors (Lipinski definition) is 6. The van der Waals surface area contributed by atoms with Gasteiger partial charge in [0.05, 0.1) is 13.2 Å². The fourth-order valence-corrected chi connectivity index (χ4v) is 4.53. The third kappa shape index (κ3) is 4.33. The van der Waals surface area contributed by atoms with Crippen LogP contribution in [0.25, 0.3) is 0 Å². The highest BCUT2D eigenvalue weighted by Crippen LogP contribution is 2.52. The Hall–Kier alpha value is -2.41. The Bertz CT molecular complexity index is 865. The Balaban J connectivity index is 1.58. The number of nitrogens with zero attached hydrogens (tertiary/aromatic N) is 2. The van der Waals surface area contributed by atoms with E-state index >= 15 is 0 Å². The Morgan fingerprint density at radius 3 is 2.26 bits per heavy atom. The molecule has 0 radical (unpaired) electrons. The number of ether oxygens (including phenoxy) is 3. The predicted molar refractivity (Wildman–Crippen MR) is 119 cm³/mol. The third-order valence-electron chi connectivity index (χ3n) is 6.64. The van der Waals surface area contributed by atoms with Gasteiger partial charge in [-0.3, -0.25) is 9.69 Å². The molecule has 31 heavy (non-hydrogen) atoms. The number of esters is 1. The summed E-state index contributed by atoms with van der Waals surface area (Å²) in [5.74, 6) is 0.536. The van der Waals surface area contributed by atoms with Crippen LogP contribution in [-0.4, -0.2) is 68.8 Å². The lowest BCUT2D eigenvalue weighted by Gasteiger charge is -2.39. The molecule has 6 nitrogen and oxygen atoms in total. The molecule has 6 heteroatoms. The minimum atomic E-state index is -0.765. The molecule has 3 unspecified atom stereocenters. The normalized spacial score (nSPS) is 25.1. The fourth-order valence-electron chi connectivity index (χ4n) is 4.53. The number of benzene rings is 2. The highest BCUT2D eigenvalue weighted by atomic mass is 16.6. The van der Waals surface area contributed by atoms with Crippen LogP contribution in [0.3, 0.4) is 0 Å². The molecule has 166 valence electrons. The van der Waals surface area contributed by atoms with Gasteiger partial charge in [0.25, 0.3) is 0 Å². The number of piperazine rings is 1. The minimum absolute atomic E-state index is 0.179. The molecule has 0 aromatic heterocycles. The van der Waals surface area contributed by atoms with Crippen molar-refractivity contribution in [3.05, 3.63) is 65.7 Å². The molecule has 1 saturated heterocycles. The van der Waals surface area contributed by atoms with E-state index in [0.717, 1.165) is 49.6 Å². The molecule has 0 spiro atoms. The number of hydrogen-bond donors (Lipinski definition) is 0. The van der Waals surface area contributed by atoms with Crippen LogP contribution < -0.4 is 4.74 Å². The van der Waals surface area contributed by atoms with Crippen molar-refractivity contribution in [3.63, 3.8) is 0 Å². The summed E-state index contributed by atoms with van der Waals surface area (Å²) >= 11 is 0. The molecule has 0 amide bonds. The Labute approximate surface area is 184 Å². The van der Waals surface area contributed by atoms with Crippen molar-refractivity contribution >= 4 is 5.97 Å². The van der Waals surface area contributed by atoms with E-state index in [9.17, 15) is 4.79 Å². The van der Waals surface area contributed by atoms with Gasteiger partial charge in [-0.05, 0) is 30.7 Å². The van der Waals surface area contributed by atoms with Crippen molar-refractivity contribution in [1.29, 1.82) is 0 Å². The quantitative estimate of drug-likeness (QED) is 0.607. The zero-order valence-electron chi connectivity index (χ0n) is 18.6. The summed E-state index contributed by atoms with van der Waals surface area (Å²) in [6, 6.07) is 17.7. The van der Waals surface area contributed by atoms with Crippen LogP contribution in [0.2, 0.25) is 0 Å². The second-order valence-corrected chi connectivity index (χ2v) is 8.27. The lowest BCUT2D eigenvalue weighted by Crippen LogP contribution is -2.48. The Kier molecular flexibility index (Phi) is 6.60. The van der Waals surface area contributed by atoms with Crippen LogP contribution in [0.1, 0.15) is 30.7 Å². The van der Waals surface area contributed by atoms with E-state index in [4.69, 9.17) is 14.2 Å². The largest absolute Gasteiger partial charge is 0.497 e. The van der Waals surface area contributed by atoms with Crippen molar-refractivity contribution in [2.45, 2.75) is 31.1 Å². The summed E-state index contributed by atoms with van der Waals surface area (Å²) in [5.41, 5.74) is 1.15. The van der Waals surface area contributed by atoms with Crippen LogP contribution in [-0.2, 0) is 19.7 Å². The Morgan fingerprint density at radius 2 is 1.71 bits per heavy atom. The monoisotopic (exact) mass is 424 g/mol. The molecule has 1 aliphatic carbocycles. The van der Waals surface area contributed by atoms with E-state index in [1.807, 2.05) is 54.6 Å². The van der Waals surface area contributed by atoms with E-state index in [-0.39, 0.29) is 12.1 Å². The van der Waals surface area contributed by atoms with Crippen molar-refractivity contribution in [1.82, 2.24) is 9.80 Å². The van der Waals surface area contributed by atoms with Crippen molar-refractivity contribution in [3.8, 4) is 5.75 Å². The van der Waals surface area contributed by atoms with Gasteiger partial charge in [-0.1, -0.05) is 49.4 Å². The highest BCUT2D eigenvalue weighted by Gasteiger charge is 2.64. The van der Waals surface area contributed by atoms with Crippen LogP contribution in [0.15, 0.2) is 54.6 Å². The predicted octanol–water partition coefficient (Wildman–Crippen LogP) is 3.23. The smallest absolute Gasteiger partial charge is 0.321 e. The molecule has 0 bridgehead atoms. The Morgan fingerprint density at radius 1 is 1.03 bits per heavy atom. The van der Waals surface area contributed by atoms with Crippen LogP contribution in [0, 0.1) is 0 Å². The van der Waals surface area contributed by atoms with Crippen LogP contribution in [0.4, 0.5) is 0 Å². The van der Waals surface area contributed by atoms with Crippen molar-refractivity contribution in [2.24, 2.45) is 0 Å². The first-order chi connectivity index (χ1) is 15.1.